The highest BCUT2D eigenvalue weighted by atomic mass is 19.1. The molecule has 0 radical (unpaired) electrons. The van der Waals surface area contributed by atoms with Gasteiger partial charge in [0.15, 0.2) is 11.6 Å². The Balaban J connectivity index is 2.25. The molecule has 0 unspecified atom stereocenters. The van der Waals surface area contributed by atoms with Crippen LogP contribution >= 0.6 is 0 Å². The molecule has 5 heteroatoms. The maximum atomic E-state index is 13.1. The van der Waals surface area contributed by atoms with Crippen molar-refractivity contribution in [2.45, 2.75) is 6.04 Å². The van der Waals surface area contributed by atoms with Crippen molar-refractivity contribution in [2.24, 2.45) is 0 Å². The zero-order valence-electron chi connectivity index (χ0n) is 8.21. The largest absolute Gasteiger partial charge is 0.494 e. The number of carbonyl (C=O) groups is 1. The normalized spacial score (nSPS) is 19.6. The molecule has 0 spiro atoms. The van der Waals surface area contributed by atoms with Crippen molar-refractivity contribution in [1.82, 2.24) is 10.6 Å². The van der Waals surface area contributed by atoms with E-state index in [4.69, 9.17) is 4.74 Å². The van der Waals surface area contributed by atoms with Gasteiger partial charge < -0.3 is 15.4 Å². The van der Waals surface area contributed by atoms with Crippen LogP contribution in [0.4, 0.5) is 9.18 Å². The van der Waals surface area contributed by atoms with Crippen molar-refractivity contribution in [3.63, 3.8) is 0 Å². The number of hydrogen-bond donors (Lipinski definition) is 2. The summed E-state index contributed by atoms with van der Waals surface area (Å²) in [5, 5.41) is 5.35. The fraction of sp³-hybridized carbons (Fsp3) is 0.300. The van der Waals surface area contributed by atoms with Gasteiger partial charge in [0.2, 0.25) is 0 Å². The van der Waals surface area contributed by atoms with Gasteiger partial charge in [-0.3, -0.25) is 0 Å². The molecule has 1 aliphatic heterocycles. The van der Waals surface area contributed by atoms with Gasteiger partial charge in [0.05, 0.1) is 13.2 Å². The molecule has 2 N–H and O–H groups in total. The molecule has 1 saturated heterocycles. The van der Waals surface area contributed by atoms with Crippen LogP contribution in [0.5, 0.6) is 5.75 Å². The van der Waals surface area contributed by atoms with E-state index in [0.717, 1.165) is 5.56 Å². The number of nitrogens with one attached hydrogen (secondary N) is 2. The highest BCUT2D eigenvalue weighted by Crippen LogP contribution is 2.23. The molecule has 0 aliphatic carbocycles. The number of methoxy groups -OCH3 is 1. The van der Waals surface area contributed by atoms with Crippen LogP contribution in [-0.4, -0.2) is 19.7 Å². The SMILES string of the molecule is COc1cc([C@H]2CNC(=O)N2)ccc1F. The Morgan fingerprint density at radius 3 is 2.93 bits per heavy atom. The zero-order chi connectivity index (χ0) is 10.8. The van der Waals surface area contributed by atoms with E-state index in [1.54, 1.807) is 12.1 Å². The molecule has 0 bridgehead atoms. The molecule has 0 aromatic heterocycles. The summed E-state index contributed by atoms with van der Waals surface area (Å²) in [7, 11) is 1.41. The number of benzene rings is 1. The number of rotatable bonds is 2. The minimum absolute atomic E-state index is 0.119. The Kier molecular flexibility index (Phi) is 2.45. The quantitative estimate of drug-likeness (QED) is 0.770. The topological polar surface area (TPSA) is 50.4 Å². The Morgan fingerprint density at radius 1 is 1.53 bits per heavy atom. The molecule has 2 amide bonds. The van der Waals surface area contributed by atoms with Crippen molar-refractivity contribution < 1.29 is 13.9 Å². The number of urea groups is 1. The summed E-state index contributed by atoms with van der Waals surface area (Å²) in [6.07, 6.45) is 0. The van der Waals surface area contributed by atoms with Gasteiger partial charge in [-0.1, -0.05) is 6.07 Å². The number of carbonyl (C=O) groups excluding carboxylic acids is 1. The van der Waals surface area contributed by atoms with Crippen LogP contribution in [-0.2, 0) is 0 Å². The molecule has 1 aliphatic rings. The van der Waals surface area contributed by atoms with E-state index >= 15 is 0 Å². The highest BCUT2D eigenvalue weighted by Gasteiger charge is 2.22. The van der Waals surface area contributed by atoms with Crippen molar-refractivity contribution in [3.05, 3.63) is 29.6 Å². The van der Waals surface area contributed by atoms with Gasteiger partial charge in [-0.15, -0.1) is 0 Å². The van der Waals surface area contributed by atoms with Crippen LogP contribution in [0.2, 0.25) is 0 Å². The highest BCUT2D eigenvalue weighted by molar-refractivity contribution is 5.76. The predicted octanol–water partition coefficient (Wildman–Crippen LogP) is 1.19. The minimum atomic E-state index is -0.404. The first-order chi connectivity index (χ1) is 7.20. The van der Waals surface area contributed by atoms with Gasteiger partial charge in [0.25, 0.3) is 0 Å². The summed E-state index contributed by atoms with van der Waals surface area (Å²) in [4.78, 5) is 10.9. The van der Waals surface area contributed by atoms with Crippen LogP contribution in [0.3, 0.4) is 0 Å². The van der Waals surface area contributed by atoms with E-state index in [2.05, 4.69) is 10.6 Å². The number of halogens is 1. The molecular weight excluding hydrogens is 199 g/mol. The van der Waals surface area contributed by atoms with Crippen LogP contribution in [0, 0.1) is 5.82 Å². The lowest BCUT2D eigenvalue weighted by Crippen LogP contribution is -2.21. The van der Waals surface area contributed by atoms with E-state index in [9.17, 15) is 9.18 Å². The molecule has 1 aromatic carbocycles. The second kappa shape index (κ2) is 3.76. The molecule has 1 fully saturated rings. The van der Waals surface area contributed by atoms with E-state index in [0.29, 0.717) is 6.54 Å². The molecule has 1 heterocycles. The summed E-state index contributed by atoms with van der Waals surface area (Å²) < 4.78 is 18.0. The van der Waals surface area contributed by atoms with Crippen molar-refractivity contribution in [3.8, 4) is 5.75 Å². The first-order valence-electron chi connectivity index (χ1n) is 4.58. The van der Waals surface area contributed by atoms with Crippen LogP contribution in [0.15, 0.2) is 18.2 Å². The summed E-state index contributed by atoms with van der Waals surface area (Å²) in [5.41, 5.74) is 0.826. The van der Waals surface area contributed by atoms with Gasteiger partial charge in [-0.25, -0.2) is 9.18 Å². The van der Waals surface area contributed by atoms with Crippen LogP contribution < -0.4 is 15.4 Å². The Bertz CT molecular complexity index is 395. The zero-order valence-corrected chi connectivity index (χ0v) is 8.21. The minimum Gasteiger partial charge on any atom is -0.494 e. The predicted molar refractivity (Wildman–Crippen MR) is 52.2 cm³/mol. The van der Waals surface area contributed by atoms with Gasteiger partial charge in [-0.05, 0) is 17.7 Å². The molecule has 15 heavy (non-hydrogen) atoms. The Labute approximate surface area is 86.4 Å². The number of amides is 2. The van der Waals surface area contributed by atoms with E-state index in [1.807, 2.05) is 0 Å². The van der Waals surface area contributed by atoms with Crippen LogP contribution in [0.1, 0.15) is 11.6 Å². The Hall–Kier alpha value is -1.78. The second-order valence-corrected chi connectivity index (χ2v) is 3.30. The third kappa shape index (κ3) is 1.86. The lowest BCUT2D eigenvalue weighted by atomic mass is 10.1. The number of hydrogen-bond acceptors (Lipinski definition) is 2. The molecular formula is C10H11FN2O2. The van der Waals surface area contributed by atoms with E-state index in [1.165, 1.54) is 13.2 Å². The summed E-state index contributed by atoms with van der Waals surface area (Å²) in [6, 6.07) is 4.23. The first-order valence-corrected chi connectivity index (χ1v) is 4.58. The second-order valence-electron chi connectivity index (χ2n) is 3.30. The lowest BCUT2D eigenvalue weighted by Gasteiger charge is -2.10. The molecule has 4 nitrogen and oxygen atoms in total. The standard InChI is InChI=1S/C10H11FN2O2/c1-15-9-4-6(2-3-7(9)11)8-5-12-10(14)13-8/h2-4,8H,5H2,1H3,(H2,12,13,14)/t8-/m1/s1. The summed E-state index contributed by atoms with van der Waals surface area (Å²) in [5.74, 6) is -0.216. The third-order valence-corrected chi connectivity index (χ3v) is 2.35. The smallest absolute Gasteiger partial charge is 0.315 e. The fourth-order valence-corrected chi connectivity index (χ4v) is 1.55. The molecule has 1 atom stereocenters. The lowest BCUT2D eigenvalue weighted by molar-refractivity contribution is 0.247. The monoisotopic (exact) mass is 210 g/mol. The average Bonchev–Trinajstić information content (AvgIpc) is 2.66. The summed E-state index contributed by atoms with van der Waals surface area (Å²) in [6.45, 7) is 0.508. The van der Waals surface area contributed by atoms with E-state index in [-0.39, 0.29) is 17.8 Å². The maximum Gasteiger partial charge on any atom is 0.315 e. The Morgan fingerprint density at radius 2 is 2.33 bits per heavy atom. The fourth-order valence-electron chi connectivity index (χ4n) is 1.55. The van der Waals surface area contributed by atoms with Crippen molar-refractivity contribution >= 4 is 6.03 Å². The maximum absolute atomic E-state index is 13.1. The molecule has 2 rings (SSSR count). The average molecular weight is 210 g/mol. The molecule has 1 aromatic rings. The summed E-state index contributed by atoms with van der Waals surface area (Å²) >= 11 is 0. The molecule has 80 valence electrons. The van der Waals surface area contributed by atoms with Crippen LogP contribution in [0.25, 0.3) is 0 Å². The third-order valence-electron chi connectivity index (χ3n) is 2.35. The van der Waals surface area contributed by atoms with E-state index < -0.39 is 5.82 Å². The van der Waals surface area contributed by atoms with Gasteiger partial charge in [0, 0.05) is 6.54 Å². The first kappa shape index (κ1) is 9.76. The van der Waals surface area contributed by atoms with Crippen molar-refractivity contribution in [2.75, 3.05) is 13.7 Å². The van der Waals surface area contributed by atoms with Crippen molar-refractivity contribution in [1.29, 1.82) is 0 Å². The van der Waals surface area contributed by atoms with Gasteiger partial charge in [-0.2, -0.15) is 0 Å². The van der Waals surface area contributed by atoms with Gasteiger partial charge >= 0.3 is 6.03 Å². The number of ether oxygens (including phenoxy) is 1. The van der Waals surface area contributed by atoms with Gasteiger partial charge in [0.1, 0.15) is 0 Å². The molecule has 0 saturated carbocycles.